The van der Waals surface area contributed by atoms with E-state index in [0.717, 1.165) is 24.4 Å². The first-order chi connectivity index (χ1) is 8.31. The van der Waals surface area contributed by atoms with Gasteiger partial charge in [0.1, 0.15) is 12.4 Å². The molecule has 92 valence electrons. The molecule has 1 aliphatic heterocycles. The molecule has 1 heterocycles. The van der Waals surface area contributed by atoms with Crippen LogP contribution in [0.2, 0.25) is 0 Å². The molecule has 5 nitrogen and oxygen atoms in total. The van der Waals surface area contributed by atoms with E-state index in [2.05, 4.69) is 5.32 Å². The van der Waals surface area contributed by atoms with Crippen LogP contribution in [0, 0.1) is 0 Å². The summed E-state index contributed by atoms with van der Waals surface area (Å²) >= 11 is 0. The number of benzene rings is 1. The molecule has 0 aromatic heterocycles. The Labute approximate surface area is 101 Å². The van der Waals surface area contributed by atoms with Gasteiger partial charge in [0.2, 0.25) is 0 Å². The number of nitrogens with two attached hydrogens (primary N) is 1. The number of ether oxygens (including phenoxy) is 1. The fourth-order valence-electron chi connectivity index (χ4n) is 1.80. The van der Waals surface area contributed by atoms with Gasteiger partial charge in [0.25, 0.3) is 0 Å². The zero-order valence-corrected chi connectivity index (χ0v) is 9.69. The minimum absolute atomic E-state index is 0.0132. The van der Waals surface area contributed by atoms with Gasteiger partial charge in [-0.25, -0.2) is 4.79 Å². The molecular weight excluding hydrogens is 218 g/mol. The largest absolute Gasteiger partial charge is 0.491 e. The first-order valence-corrected chi connectivity index (χ1v) is 5.75. The maximum atomic E-state index is 11.3. The van der Waals surface area contributed by atoms with Crippen molar-refractivity contribution in [1.29, 1.82) is 0 Å². The molecule has 1 aliphatic rings. The van der Waals surface area contributed by atoms with Crippen molar-refractivity contribution >= 4 is 6.03 Å². The molecule has 0 spiro atoms. The fraction of sp³-hybridized carbons (Fsp3) is 0.417. The molecule has 0 radical (unpaired) electrons. The van der Waals surface area contributed by atoms with Gasteiger partial charge in [0.05, 0.1) is 6.54 Å². The molecule has 0 atom stereocenters. The van der Waals surface area contributed by atoms with Gasteiger partial charge in [-0.1, -0.05) is 18.2 Å². The Morgan fingerprint density at radius 3 is 2.94 bits per heavy atom. The van der Waals surface area contributed by atoms with Crippen LogP contribution < -0.4 is 15.8 Å². The van der Waals surface area contributed by atoms with E-state index >= 15 is 0 Å². The monoisotopic (exact) mass is 235 g/mol. The summed E-state index contributed by atoms with van der Waals surface area (Å²) in [5.41, 5.74) is 6.60. The van der Waals surface area contributed by atoms with E-state index in [9.17, 15) is 4.79 Å². The number of hydrogen-bond acceptors (Lipinski definition) is 3. The van der Waals surface area contributed by atoms with E-state index in [0.29, 0.717) is 19.7 Å². The van der Waals surface area contributed by atoms with Gasteiger partial charge >= 0.3 is 6.03 Å². The first-order valence-electron chi connectivity index (χ1n) is 5.75. The van der Waals surface area contributed by atoms with Crippen molar-refractivity contribution in [2.24, 2.45) is 5.73 Å². The highest BCUT2D eigenvalue weighted by molar-refractivity contribution is 5.76. The Bertz CT molecular complexity index is 395. The van der Waals surface area contributed by atoms with Crippen LogP contribution >= 0.6 is 0 Å². The van der Waals surface area contributed by atoms with Gasteiger partial charge in [0.15, 0.2) is 0 Å². The maximum absolute atomic E-state index is 11.3. The van der Waals surface area contributed by atoms with Crippen LogP contribution in [0.4, 0.5) is 4.79 Å². The Morgan fingerprint density at radius 2 is 2.24 bits per heavy atom. The van der Waals surface area contributed by atoms with Crippen molar-refractivity contribution in [3.05, 3.63) is 29.8 Å². The molecule has 1 saturated heterocycles. The van der Waals surface area contributed by atoms with Gasteiger partial charge < -0.3 is 20.7 Å². The van der Waals surface area contributed by atoms with Crippen LogP contribution in [0.1, 0.15) is 5.56 Å². The standard InChI is InChI=1S/C12H17N3O2/c13-9-10-3-1-2-4-11(10)17-8-7-15-6-5-14-12(15)16/h1-4H,5-9,13H2,(H,14,16). The number of nitrogens with one attached hydrogen (secondary N) is 1. The first kappa shape index (κ1) is 11.7. The lowest BCUT2D eigenvalue weighted by Gasteiger charge is -2.15. The second kappa shape index (κ2) is 5.54. The van der Waals surface area contributed by atoms with Crippen LogP contribution in [0.15, 0.2) is 24.3 Å². The van der Waals surface area contributed by atoms with Crippen LogP contribution in [0.25, 0.3) is 0 Å². The number of para-hydroxylation sites is 1. The second-order valence-electron chi connectivity index (χ2n) is 3.88. The van der Waals surface area contributed by atoms with Crippen LogP contribution in [0.3, 0.4) is 0 Å². The predicted molar refractivity (Wildman–Crippen MR) is 64.8 cm³/mol. The third-order valence-corrected chi connectivity index (χ3v) is 2.76. The number of amides is 2. The quantitative estimate of drug-likeness (QED) is 0.783. The number of carbonyl (C=O) groups is 1. The highest BCUT2D eigenvalue weighted by atomic mass is 16.5. The third kappa shape index (κ3) is 2.88. The molecule has 1 fully saturated rings. The van der Waals surface area contributed by atoms with Crippen molar-refractivity contribution < 1.29 is 9.53 Å². The minimum atomic E-state index is -0.0132. The molecule has 5 heteroatoms. The topological polar surface area (TPSA) is 67.6 Å². The van der Waals surface area contributed by atoms with Crippen molar-refractivity contribution in [3.63, 3.8) is 0 Å². The molecule has 3 N–H and O–H groups in total. The van der Waals surface area contributed by atoms with Crippen LogP contribution in [0.5, 0.6) is 5.75 Å². The molecule has 0 bridgehead atoms. The zero-order chi connectivity index (χ0) is 12.1. The number of nitrogens with zero attached hydrogens (tertiary/aromatic N) is 1. The van der Waals surface area contributed by atoms with Gasteiger partial charge in [0, 0.05) is 25.2 Å². The van der Waals surface area contributed by atoms with Gasteiger partial charge in [-0.15, -0.1) is 0 Å². The predicted octanol–water partition coefficient (Wildman–Crippen LogP) is 0.549. The van der Waals surface area contributed by atoms with Gasteiger partial charge in [-0.2, -0.15) is 0 Å². The molecule has 1 aromatic carbocycles. The number of carbonyl (C=O) groups excluding carboxylic acids is 1. The summed E-state index contributed by atoms with van der Waals surface area (Å²) in [5, 5.41) is 2.75. The summed E-state index contributed by atoms with van der Waals surface area (Å²) in [5.74, 6) is 0.801. The number of hydrogen-bond donors (Lipinski definition) is 2. The minimum Gasteiger partial charge on any atom is -0.491 e. The molecule has 2 amide bonds. The number of urea groups is 1. The van der Waals surface area contributed by atoms with E-state index in [4.69, 9.17) is 10.5 Å². The smallest absolute Gasteiger partial charge is 0.317 e. The van der Waals surface area contributed by atoms with Crippen LogP contribution in [-0.4, -0.2) is 37.2 Å². The highest BCUT2D eigenvalue weighted by Crippen LogP contribution is 2.16. The maximum Gasteiger partial charge on any atom is 0.317 e. The molecule has 0 aliphatic carbocycles. The average Bonchev–Trinajstić information content (AvgIpc) is 2.76. The van der Waals surface area contributed by atoms with E-state index in [1.54, 1.807) is 4.90 Å². The average molecular weight is 235 g/mol. The van der Waals surface area contributed by atoms with Gasteiger partial charge in [-0.05, 0) is 6.07 Å². The Hall–Kier alpha value is -1.75. The SMILES string of the molecule is NCc1ccccc1OCCN1CCNC1=O. The molecule has 17 heavy (non-hydrogen) atoms. The Balaban J connectivity index is 1.83. The molecule has 0 saturated carbocycles. The summed E-state index contributed by atoms with van der Waals surface area (Å²) in [7, 11) is 0. The van der Waals surface area contributed by atoms with Crippen molar-refractivity contribution in [2.45, 2.75) is 6.54 Å². The van der Waals surface area contributed by atoms with E-state index in [-0.39, 0.29) is 6.03 Å². The normalized spacial score (nSPS) is 14.9. The molecular formula is C12H17N3O2. The van der Waals surface area contributed by atoms with E-state index < -0.39 is 0 Å². The molecule has 2 rings (SSSR count). The third-order valence-electron chi connectivity index (χ3n) is 2.76. The lowest BCUT2D eigenvalue weighted by atomic mass is 10.2. The van der Waals surface area contributed by atoms with E-state index in [1.807, 2.05) is 24.3 Å². The summed E-state index contributed by atoms with van der Waals surface area (Å²) in [4.78, 5) is 13.0. The Morgan fingerprint density at radius 1 is 1.41 bits per heavy atom. The van der Waals surface area contributed by atoms with Crippen molar-refractivity contribution in [3.8, 4) is 5.75 Å². The molecule has 0 unspecified atom stereocenters. The Kier molecular flexibility index (Phi) is 3.82. The van der Waals surface area contributed by atoms with E-state index in [1.165, 1.54) is 0 Å². The lowest BCUT2D eigenvalue weighted by molar-refractivity contribution is 0.202. The zero-order valence-electron chi connectivity index (χ0n) is 9.69. The van der Waals surface area contributed by atoms with Crippen molar-refractivity contribution in [1.82, 2.24) is 10.2 Å². The summed E-state index contributed by atoms with van der Waals surface area (Å²) in [6.07, 6.45) is 0. The molecule has 1 aromatic rings. The number of rotatable bonds is 5. The summed E-state index contributed by atoms with van der Waals surface area (Å²) in [6.45, 7) is 3.02. The highest BCUT2D eigenvalue weighted by Gasteiger charge is 2.18. The summed E-state index contributed by atoms with van der Waals surface area (Å²) < 4.78 is 5.64. The summed E-state index contributed by atoms with van der Waals surface area (Å²) in [6, 6.07) is 7.67. The lowest BCUT2D eigenvalue weighted by Crippen LogP contribution is -2.31. The fourth-order valence-corrected chi connectivity index (χ4v) is 1.80. The van der Waals surface area contributed by atoms with Crippen molar-refractivity contribution in [2.75, 3.05) is 26.2 Å². The van der Waals surface area contributed by atoms with Crippen LogP contribution in [-0.2, 0) is 6.54 Å². The van der Waals surface area contributed by atoms with Gasteiger partial charge in [-0.3, -0.25) is 0 Å². The second-order valence-corrected chi connectivity index (χ2v) is 3.88.